The van der Waals surface area contributed by atoms with Gasteiger partial charge in [0.1, 0.15) is 18.2 Å². The predicted octanol–water partition coefficient (Wildman–Crippen LogP) is 3.89. The van der Waals surface area contributed by atoms with Gasteiger partial charge in [0.15, 0.2) is 0 Å². The minimum Gasteiger partial charge on any atom is -0.465 e. The SMILES string of the molecule is CN1CCC[C@@H]1COc1nc2c(c(N3CCN(C(=O)O)[C@@H](CC#N)C3)n1)CCN(c1ccc(F)c3ccccc13)C2. The standard InChI is InChI=1S/C30H34FN7O3/c1-35-13-4-5-21(35)19-41-29-33-26-18-36(27-9-8-25(31)22-6-2-3-7-23(22)27)14-11-24(26)28(34-29)37-15-16-38(30(39)40)20(17-37)10-12-32/h2-3,6-9,20-21H,4-5,10-11,13-19H2,1H3,(H,39,40)/t20-,21+/m0/s1. The lowest BCUT2D eigenvalue weighted by molar-refractivity contribution is 0.119. The average Bonchev–Trinajstić information content (AvgIpc) is 3.40. The van der Waals surface area contributed by atoms with Gasteiger partial charge in [-0.05, 0) is 45.0 Å². The van der Waals surface area contributed by atoms with Gasteiger partial charge in [0.2, 0.25) is 0 Å². The molecular formula is C30H34FN7O3. The fourth-order valence-corrected chi connectivity index (χ4v) is 6.38. The molecule has 0 saturated carbocycles. The summed E-state index contributed by atoms with van der Waals surface area (Å²) in [6.45, 7) is 3.87. The Morgan fingerprint density at radius 2 is 1.93 bits per heavy atom. The zero-order valence-electron chi connectivity index (χ0n) is 23.2. The first-order valence-corrected chi connectivity index (χ1v) is 14.2. The molecule has 3 aromatic rings. The van der Waals surface area contributed by atoms with Gasteiger partial charge < -0.3 is 29.4 Å². The topological polar surface area (TPSA) is 109 Å². The number of piperazine rings is 1. The third-order valence-corrected chi connectivity index (χ3v) is 8.64. The van der Waals surface area contributed by atoms with Gasteiger partial charge in [-0.1, -0.05) is 24.3 Å². The predicted molar refractivity (Wildman–Crippen MR) is 153 cm³/mol. The molecule has 2 aromatic carbocycles. The van der Waals surface area contributed by atoms with E-state index < -0.39 is 12.1 Å². The van der Waals surface area contributed by atoms with E-state index in [2.05, 4.69) is 27.8 Å². The number of nitriles is 1. The number of carboxylic acid groups (broad SMARTS) is 1. The first-order chi connectivity index (χ1) is 19.9. The molecule has 214 valence electrons. The number of benzene rings is 2. The molecular weight excluding hydrogens is 525 g/mol. The van der Waals surface area contributed by atoms with Crippen molar-refractivity contribution in [2.75, 3.05) is 56.2 Å². The van der Waals surface area contributed by atoms with Crippen LogP contribution in [-0.2, 0) is 13.0 Å². The number of anilines is 2. The summed E-state index contributed by atoms with van der Waals surface area (Å²) in [5, 5.41) is 20.5. The molecule has 1 N–H and O–H groups in total. The van der Waals surface area contributed by atoms with Crippen molar-refractivity contribution in [1.29, 1.82) is 5.26 Å². The third-order valence-electron chi connectivity index (χ3n) is 8.64. The lowest BCUT2D eigenvalue weighted by atomic mass is 10.0. The van der Waals surface area contributed by atoms with E-state index in [1.807, 2.05) is 24.3 Å². The highest BCUT2D eigenvalue weighted by molar-refractivity contribution is 5.94. The largest absolute Gasteiger partial charge is 0.465 e. The first kappa shape index (κ1) is 27.0. The number of hydrogen-bond donors (Lipinski definition) is 1. The maximum atomic E-state index is 14.6. The fraction of sp³-hybridized carbons (Fsp3) is 0.467. The van der Waals surface area contributed by atoms with Crippen LogP contribution in [0.3, 0.4) is 0 Å². The molecule has 0 aliphatic carbocycles. The summed E-state index contributed by atoms with van der Waals surface area (Å²) >= 11 is 0. The normalized spacial score (nSPS) is 21.1. The van der Waals surface area contributed by atoms with Crippen LogP contribution in [0.2, 0.25) is 0 Å². The first-order valence-electron chi connectivity index (χ1n) is 14.2. The molecule has 3 aliphatic rings. The minimum absolute atomic E-state index is 0.110. The van der Waals surface area contributed by atoms with Crippen LogP contribution in [0.5, 0.6) is 6.01 Å². The summed E-state index contributed by atoms with van der Waals surface area (Å²) in [5.74, 6) is 0.507. The molecule has 4 heterocycles. The second-order valence-electron chi connectivity index (χ2n) is 11.1. The van der Waals surface area contributed by atoms with E-state index in [-0.39, 0.29) is 18.8 Å². The molecule has 0 radical (unpaired) electrons. The number of likely N-dealkylation sites (tertiary alicyclic amines) is 1. The summed E-state index contributed by atoms with van der Waals surface area (Å²) in [6, 6.07) is 13.2. The Hall–Kier alpha value is -4.17. The van der Waals surface area contributed by atoms with E-state index in [4.69, 9.17) is 14.7 Å². The highest BCUT2D eigenvalue weighted by Crippen LogP contribution is 2.35. The highest BCUT2D eigenvalue weighted by Gasteiger charge is 2.34. The second-order valence-corrected chi connectivity index (χ2v) is 11.1. The number of fused-ring (bicyclic) bond motifs is 2. The maximum Gasteiger partial charge on any atom is 0.407 e. The van der Waals surface area contributed by atoms with E-state index in [9.17, 15) is 19.6 Å². The zero-order chi connectivity index (χ0) is 28.5. The third kappa shape index (κ3) is 5.32. The molecule has 11 heteroatoms. The van der Waals surface area contributed by atoms with Crippen LogP contribution in [0, 0.1) is 17.1 Å². The van der Waals surface area contributed by atoms with Gasteiger partial charge in [-0.3, -0.25) is 0 Å². The number of hydrogen-bond acceptors (Lipinski definition) is 8. The number of aromatic nitrogens is 2. The van der Waals surface area contributed by atoms with Gasteiger partial charge in [0, 0.05) is 54.2 Å². The molecule has 1 amide bonds. The van der Waals surface area contributed by atoms with E-state index in [0.29, 0.717) is 56.6 Å². The van der Waals surface area contributed by atoms with Crippen molar-refractivity contribution < 1.29 is 19.0 Å². The molecule has 2 fully saturated rings. The van der Waals surface area contributed by atoms with E-state index in [1.54, 1.807) is 6.07 Å². The van der Waals surface area contributed by atoms with Crippen LogP contribution >= 0.6 is 0 Å². The van der Waals surface area contributed by atoms with Crippen molar-refractivity contribution in [2.24, 2.45) is 0 Å². The van der Waals surface area contributed by atoms with Crippen molar-refractivity contribution in [3.05, 3.63) is 53.5 Å². The summed E-state index contributed by atoms with van der Waals surface area (Å²) in [6.07, 6.45) is 1.96. The molecule has 3 aliphatic heterocycles. The van der Waals surface area contributed by atoms with Crippen molar-refractivity contribution in [3.8, 4) is 12.1 Å². The number of nitrogens with zero attached hydrogens (tertiary/aromatic N) is 7. The van der Waals surface area contributed by atoms with Gasteiger partial charge in [0.05, 0.1) is 30.8 Å². The fourth-order valence-electron chi connectivity index (χ4n) is 6.38. The molecule has 2 saturated heterocycles. The smallest absolute Gasteiger partial charge is 0.407 e. The van der Waals surface area contributed by atoms with Crippen molar-refractivity contribution in [1.82, 2.24) is 19.8 Å². The molecule has 41 heavy (non-hydrogen) atoms. The number of ether oxygens (including phenoxy) is 1. The second kappa shape index (κ2) is 11.4. The lowest BCUT2D eigenvalue weighted by Crippen LogP contribution is -2.55. The van der Waals surface area contributed by atoms with Gasteiger partial charge in [-0.25, -0.2) is 9.18 Å². The van der Waals surface area contributed by atoms with Gasteiger partial charge >= 0.3 is 12.1 Å². The Kier molecular flexibility index (Phi) is 7.49. The van der Waals surface area contributed by atoms with E-state index in [0.717, 1.165) is 47.5 Å². The van der Waals surface area contributed by atoms with Crippen molar-refractivity contribution in [3.63, 3.8) is 0 Å². The van der Waals surface area contributed by atoms with Crippen LogP contribution in [0.4, 0.5) is 20.7 Å². The summed E-state index contributed by atoms with van der Waals surface area (Å²) < 4.78 is 20.8. The number of likely N-dealkylation sites (N-methyl/N-ethyl adjacent to an activating group) is 1. The summed E-state index contributed by atoms with van der Waals surface area (Å²) in [7, 11) is 2.10. The average molecular weight is 560 g/mol. The molecule has 0 bridgehead atoms. The van der Waals surface area contributed by atoms with Crippen LogP contribution in [-0.4, -0.2) is 89.4 Å². The Bertz CT molecular complexity index is 1490. The zero-order valence-corrected chi connectivity index (χ0v) is 23.2. The van der Waals surface area contributed by atoms with Crippen LogP contribution < -0.4 is 14.5 Å². The van der Waals surface area contributed by atoms with Crippen LogP contribution in [0.1, 0.15) is 30.5 Å². The van der Waals surface area contributed by atoms with E-state index in [1.165, 1.54) is 11.0 Å². The minimum atomic E-state index is -1.01. The van der Waals surface area contributed by atoms with Crippen molar-refractivity contribution in [2.45, 2.75) is 44.3 Å². The molecule has 1 aromatic heterocycles. The Morgan fingerprint density at radius 1 is 1.10 bits per heavy atom. The Morgan fingerprint density at radius 3 is 2.68 bits per heavy atom. The molecule has 6 rings (SSSR count). The summed E-state index contributed by atoms with van der Waals surface area (Å²) in [5.41, 5.74) is 2.81. The maximum absolute atomic E-state index is 14.6. The van der Waals surface area contributed by atoms with Gasteiger partial charge in [-0.2, -0.15) is 15.2 Å². The molecule has 0 spiro atoms. The molecule has 10 nitrogen and oxygen atoms in total. The molecule has 0 unspecified atom stereocenters. The van der Waals surface area contributed by atoms with Crippen LogP contribution in [0.15, 0.2) is 36.4 Å². The van der Waals surface area contributed by atoms with Gasteiger partial charge in [0.25, 0.3) is 0 Å². The number of halogens is 1. The van der Waals surface area contributed by atoms with Gasteiger partial charge in [-0.15, -0.1) is 0 Å². The number of amides is 1. The highest BCUT2D eigenvalue weighted by atomic mass is 19.1. The van der Waals surface area contributed by atoms with Crippen LogP contribution in [0.25, 0.3) is 10.8 Å². The number of carbonyl (C=O) groups is 1. The van der Waals surface area contributed by atoms with E-state index >= 15 is 0 Å². The molecule has 2 atom stereocenters. The Balaban J connectivity index is 1.34. The summed E-state index contributed by atoms with van der Waals surface area (Å²) in [4.78, 5) is 29.5. The quantitative estimate of drug-likeness (QED) is 0.481. The van der Waals surface area contributed by atoms with Crippen molar-refractivity contribution >= 4 is 28.4 Å². The number of rotatable bonds is 6. The lowest BCUT2D eigenvalue weighted by Gasteiger charge is -2.41. The monoisotopic (exact) mass is 559 g/mol. The Labute approximate surface area is 238 Å².